The molecular weight excluding hydrogens is 378 g/mol. The van der Waals surface area contributed by atoms with E-state index in [1.807, 2.05) is 66.1 Å². The van der Waals surface area contributed by atoms with E-state index >= 15 is 0 Å². The lowest BCUT2D eigenvalue weighted by Gasteiger charge is -2.11. The molecule has 0 radical (unpaired) electrons. The van der Waals surface area contributed by atoms with Crippen LogP contribution in [0.3, 0.4) is 0 Å². The third kappa shape index (κ3) is 4.10. The molecular formula is C23H23N5O2. The van der Waals surface area contributed by atoms with Crippen molar-refractivity contribution in [3.8, 4) is 17.0 Å². The van der Waals surface area contributed by atoms with Crippen molar-refractivity contribution in [1.82, 2.24) is 14.4 Å². The van der Waals surface area contributed by atoms with Crippen LogP contribution in [0.1, 0.15) is 12.0 Å². The molecule has 4 rings (SSSR count). The van der Waals surface area contributed by atoms with Crippen molar-refractivity contribution in [2.75, 3.05) is 24.3 Å². The number of benzene rings is 2. The molecule has 4 aromatic rings. The number of aryl methyl sites for hydroxylation is 1. The zero-order valence-electron chi connectivity index (χ0n) is 16.9. The van der Waals surface area contributed by atoms with Gasteiger partial charge in [0.05, 0.1) is 13.3 Å². The molecule has 7 heteroatoms. The van der Waals surface area contributed by atoms with Gasteiger partial charge in [-0.15, -0.1) is 0 Å². The molecule has 7 nitrogen and oxygen atoms in total. The van der Waals surface area contributed by atoms with Crippen molar-refractivity contribution in [1.29, 1.82) is 0 Å². The Morgan fingerprint density at radius 1 is 1.17 bits per heavy atom. The minimum absolute atomic E-state index is 0.0461. The summed E-state index contributed by atoms with van der Waals surface area (Å²) in [5, 5.41) is 6.34. The van der Waals surface area contributed by atoms with Gasteiger partial charge in [-0.1, -0.05) is 30.3 Å². The Hall–Kier alpha value is -3.87. The number of methoxy groups -OCH3 is 1. The number of anilines is 2. The Balaban J connectivity index is 1.53. The van der Waals surface area contributed by atoms with Gasteiger partial charge in [0.2, 0.25) is 5.91 Å². The molecule has 0 aliphatic heterocycles. The summed E-state index contributed by atoms with van der Waals surface area (Å²) < 4.78 is 7.28. The first-order chi connectivity index (χ1) is 14.7. The summed E-state index contributed by atoms with van der Waals surface area (Å²) >= 11 is 0. The Bertz CT molecular complexity index is 1190. The van der Waals surface area contributed by atoms with Crippen molar-refractivity contribution in [2.45, 2.75) is 13.3 Å². The van der Waals surface area contributed by atoms with Crippen LogP contribution in [0, 0.1) is 6.92 Å². The average molecular weight is 401 g/mol. The first-order valence-corrected chi connectivity index (χ1v) is 9.71. The second-order valence-corrected chi connectivity index (χ2v) is 6.89. The number of rotatable bonds is 7. The molecule has 2 aromatic carbocycles. The lowest BCUT2D eigenvalue weighted by Crippen LogP contribution is -2.17. The number of nitrogens with one attached hydrogen (secondary N) is 2. The Kier molecular flexibility index (Phi) is 5.61. The number of imidazole rings is 1. The van der Waals surface area contributed by atoms with Crippen molar-refractivity contribution in [3.63, 3.8) is 0 Å². The maximum absolute atomic E-state index is 12.4. The fourth-order valence-corrected chi connectivity index (χ4v) is 3.27. The van der Waals surface area contributed by atoms with Crippen molar-refractivity contribution < 1.29 is 9.53 Å². The highest BCUT2D eigenvalue weighted by Crippen LogP contribution is 2.30. The molecule has 0 fully saturated rings. The molecule has 30 heavy (non-hydrogen) atoms. The van der Waals surface area contributed by atoms with Crippen LogP contribution in [0.2, 0.25) is 0 Å². The first kappa shape index (κ1) is 19.4. The Morgan fingerprint density at radius 3 is 2.87 bits per heavy atom. The fraction of sp³-hybridized carbons (Fsp3) is 0.174. The van der Waals surface area contributed by atoms with Crippen molar-refractivity contribution in [2.24, 2.45) is 0 Å². The molecule has 0 saturated carbocycles. The number of ether oxygens (including phenoxy) is 1. The molecule has 0 unspecified atom stereocenters. The van der Waals surface area contributed by atoms with Crippen LogP contribution < -0.4 is 15.4 Å². The third-order valence-corrected chi connectivity index (χ3v) is 4.84. The first-order valence-electron chi connectivity index (χ1n) is 9.71. The summed E-state index contributed by atoms with van der Waals surface area (Å²) in [4.78, 5) is 21.3. The van der Waals surface area contributed by atoms with Crippen molar-refractivity contribution in [3.05, 3.63) is 72.7 Å². The monoisotopic (exact) mass is 401 g/mol. The topological polar surface area (TPSA) is 80.6 Å². The average Bonchev–Trinajstić information content (AvgIpc) is 3.14. The van der Waals surface area contributed by atoms with Gasteiger partial charge in [0.1, 0.15) is 17.3 Å². The lowest BCUT2D eigenvalue weighted by molar-refractivity contribution is -0.115. The van der Waals surface area contributed by atoms with E-state index in [1.165, 1.54) is 0 Å². The number of amides is 1. The number of carbonyl (C=O) groups is 1. The smallest absolute Gasteiger partial charge is 0.226 e. The summed E-state index contributed by atoms with van der Waals surface area (Å²) in [6.45, 7) is 2.44. The van der Waals surface area contributed by atoms with Gasteiger partial charge >= 0.3 is 0 Å². The summed E-state index contributed by atoms with van der Waals surface area (Å²) in [7, 11) is 1.64. The van der Waals surface area contributed by atoms with E-state index < -0.39 is 0 Å². The summed E-state index contributed by atoms with van der Waals surface area (Å²) in [6.07, 6.45) is 5.59. The maximum Gasteiger partial charge on any atom is 0.226 e. The van der Waals surface area contributed by atoms with Gasteiger partial charge in [-0.2, -0.15) is 0 Å². The van der Waals surface area contributed by atoms with Gasteiger partial charge < -0.3 is 15.4 Å². The zero-order valence-corrected chi connectivity index (χ0v) is 16.9. The van der Waals surface area contributed by atoms with Crippen LogP contribution in [0.4, 0.5) is 11.5 Å². The summed E-state index contributed by atoms with van der Waals surface area (Å²) in [5.41, 5.74) is 4.29. The quantitative estimate of drug-likeness (QED) is 0.486. The second kappa shape index (κ2) is 8.65. The fourth-order valence-electron chi connectivity index (χ4n) is 3.27. The van der Waals surface area contributed by atoms with E-state index in [4.69, 9.17) is 9.72 Å². The van der Waals surface area contributed by atoms with Gasteiger partial charge in [0.25, 0.3) is 0 Å². The van der Waals surface area contributed by atoms with E-state index in [1.54, 1.807) is 19.5 Å². The molecule has 2 N–H and O–H groups in total. The minimum atomic E-state index is -0.0461. The molecule has 0 atom stereocenters. The van der Waals surface area contributed by atoms with E-state index in [-0.39, 0.29) is 5.91 Å². The molecule has 0 aliphatic rings. The Morgan fingerprint density at radius 2 is 2.03 bits per heavy atom. The van der Waals surface area contributed by atoms with Crippen LogP contribution in [0.5, 0.6) is 5.75 Å². The molecule has 0 aliphatic carbocycles. The standard InChI is InChI=1S/C23H23N5O2/c1-16-6-3-4-9-19(16)26-21(29)10-11-25-23-22(17-7-5-8-18(14-17)30-2)27-20-15-24-12-13-28(20)23/h3-9,12-15,25H,10-11H2,1-2H3,(H,26,29). The number of carbonyl (C=O) groups excluding carboxylic acids is 1. The van der Waals surface area contributed by atoms with Crippen LogP contribution in [-0.2, 0) is 4.79 Å². The molecule has 0 bridgehead atoms. The number of para-hydroxylation sites is 1. The SMILES string of the molecule is COc1cccc(-c2nc3cnccn3c2NCCC(=O)Nc2ccccc2C)c1. The number of hydrogen-bond acceptors (Lipinski definition) is 5. The summed E-state index contributed by atoms with van der Waals surface area (Å²) in [6, 6.07) is 15.5. The predicted molar refractivity (Wildman–Crippen MR) is 118 cm³/mol. The number of fused-ring (bicyclic) bond motifs is 1. The zero-order chi connectivity index (χ0) is 20.9. The van der Waals surface area contributed by atoms with E-state index in [2.05, 4.69) is 15.6 Å². The van der Waals surface area contributed by atoms with Gasteiger partial charge in [-0.05, 0) is 30.7 Å². The van der Waals surface area contributed by atoms with Crippen LogP contribution in [0.25, 0.3) is 16.9 Å². The Labute approximate surface area is 174 Å². The highest BCUT2D eigenvalue weighted by atomic mass is 16.5. The normalized spacial score (nSPS) is 10.7. The van der Waals surface area contributed by atoms with Gasteiger partial charge in [0, 0.05) is 36.6 Å². The van der Waals surface area contributed by atoms with Gasteiger partial charge in [0.15, 0.2) is 5.65 Å². The van der Waals surface area contributed by atoms with E-state index in [0.717, 1.165) is 39.7 Å². The van der Waals surface area contributed by atoms with E-state index in [9.17, 15) is 4.79 Å². The summed E-state index contributed by atoms with van der Waals surface area (Å²) in [5.74, 6) is 1.52. The van der Waals surface area contributed by atoms with Crippen LogP contribution in [0.15, 0.2) is 67.1 Å². The van der Waals surface area contributed by atoms with E-state index in [0.29, 0.717) is 13.0 Å². The predicted octanol–water partition coefficient (Wildman–Crippen LogP) is 4.15. The molecule has 0 saturated heterocycles. The highest BCUT2D eigenvalue weighted by Gasteiger charge is 2.15. The molecule has 1 amide bonds. The largest absolute Gasteiger partial charge is 0.497 e. The second-order valence-electron chi connectivity index (χ2n) is 6.89. The maximum atomic E-state index is 12.4. The van der Waals surface area contributed by atoms with Gasteiger partial charge in [-0.3, -0.25) is 14.2 Å². The lowest BCUT2D eigenvalue weighted by atomic mass is 10.1. The number of hydrogen-bond donors (Lipinski definition) is 2. The van der Waals surface area contributed by atoms with Crippen LogP contribution in [-0.4, -0.2) is 33.9 Å². The highest BCUT2D eigenvalue weighted by molar-refractivity contribution is 5.91. The van der Waals surface area contributed by atoms with Gasteiger partial charge in [-0.25, -0.2) is 4.98 Å². The third-order valence-electron chi connectivity index (χ3n) is 4.84. The number of nitrogens with zero attached hydrogens (tertiary/aromatic N) is 3. The minimum Gasteiger partial charge on any atom is -0.497 e. The molecule has 152 valence electrons. The van der Waals surface area contributed by atoms with Crippen molar-refractivity contribution >= 4 is 23.1 Å². The number of aromatic nitrogens is 3. The molecule has 2 heterocycles. The molecule has 0 spiro atoms. The van der Waals surface area contributed by atoms with Crippen LogP contribution >= 0.6 is 0 Å². The molecule has 2 aromatic heterocycles.